The van der Waals surface area contributed by atoms with E-state index in [0.717, 1.165) is 38.8 Å². The summed E-state index contributed by atoms with van der Waals surface area (Å²) in [7, 11) is 1.88. The van der Waals surface area contributed by atoms with Crippen LogP contribution in [0, 0.1) is 5.41 Å². The molecule has 0 aromatic carbocycles. The molecule has 3 rings (SSSR count). The van der Waals surface area contributed by atoms with Gasteiger partial charge in [-0.3, -0.25) is 14.3 Å². The van der Waals surface area contributed by atoms with Crippen molar-refractivity contribution in [1.82, 2.24) is 19.6 Å². The van der Waals surface area contributed by atoms with Gasteiger partial charge in [-0.15, -0.1) is 0 Å². The Hall–Kier alpha value is -1.85. The summed E-state index contributed by atoms with van der Waals surface area (Å²) < 4.78 is 1.74. The van der Waals surface area contributed by atoms with Gasteiger partial charge in [-0.25, -0.2) is 0 Å². The Bertz CT molecular complexity index is 626. The highest BCUT2D eigenvalue weighted by Gasteiger charge is 2.50. The Morgan fingerprint density at radius 1 is 1.38 bits per heavy atom. The largest absolute Gasteiger partial charge is 0.340 e. The van der Waals surface area contributed by atoms with Gasteiger partial charge >= 0.3 is 0 Å². The summed E-state index contributed by atoms with van der Waals surface area (Å²) in [5.74, 6) is 0.299. The summed E-state index contributed by atoms with van der Waals surface area (Å²) in [6.07, 6.45) is 6.50. The number of carbonyl (C=O) groups is 2. The van der Waals surface area contributed by atoms with E-state index in [4.69, 9.17) is 0 Å². The van der Waals surface area contributed by atoms with Crippen LogP contribution in [0.1, 0.15) is 56.4 Å². The molecule has 132 valence electrons. The van der Waals surface area contributed by atoms with Gasteiger partial charge in [0.25, 0.3) is 5.91 Å². The minimum absolute atomic E-state index is 0.0225. The van der Waals surface area contributed by atoms with E-state index in [2.05, 4.69) is 12.0 Å². The van der Waals surface area contributed by atoms with Crippen molar-refractivity contribution in [3.63, 3.8) is 0 Å². The molecule has 0 bridgehead atoms. The van der Waals surface area contributed by atoms with E-state index in [1.54, 1.807) is 16.9 Å². The molecule has 24 heavy (non-hydrogen) atoms. The van der Waals surface area contributed by atoms with E-state index in [1.807, 2.05) is 23.8 Å². The second-order valence-corrected chi connectivity index (χ2v) is 7.14. The third-order valence-corrected chi connectivity index (χ3v) is 5.87. The highest BCUT2D eigenvalue weighted by molar-refractivity contribution is 5.92. The van der Waals surface area contributed by atoms with Gasteiger partial charge in [0, 0.05) is 50.8 Å². The molecule has 1 aliphatic carbocycles. The molecule has 0 spiro atoms. The number of aromatic nitrogens is 2. The molecule has 6 nitrogen and oxygen atoms in total. The molecule has 1 aromatic rings. The monoisotopic (exact) mass is 332 g/mol. The van der Waals surface area contributed by atoms with E-state index in [9.17, 15) is 9.59 Å². The molecule has 1 aliphatic heterocycles. The molecule has 2 fully saturated rings. The topological polar surface area (TPSA) is 58.4 Å². The molecule has 2 aliphatic rings. The Labute approximate surface area is 143 Å². The van der Waals surface area contributed by atoms with Crippen LogP contribution in [0.15, 0.2) is 12.3 Å². The highest BCUT2D eigenvalue weighted by atomic mass is 16.2. The zero-order valence-electron chi connectivity index (χ0n) is 15.0. The number of likely N-dealkylation sites (tertiary alicyclic amines) is 1. The fourth-order valence-electron chi connectivity index (χ4n) is 4.74. The standard InChI is InChI=1S/C18H28N4O2/c1-4-21-15-7-6-10-18(15,11-8-16(21)23)13-20(3)17(24)14-9-12-19-22(14)5-2/h9,12,15H,4-8,10-11,13H2,1-3H3/t15-,18+/m1/s1. The minimum Gasteiger partial charge on any atom is -0.340 e. The quantitative estimate of drug-likeness (QED) is 0.830. The van der Waals surface area contributed by atoms with Crippen molar-refractivity contribution in [3.05, 3.63) is 18.0 Å². The van der Waals surface area contributed by atoms with Crippen LogP contribution in [0.25, 0.3) is 0 Å². The van der Waals surface area contributed by atoms with Crippen molar-refractivity contribution < 1.29 is 9.59 Å². The van der Waals surface area contributed by atoms with Gasteiger partial charge in [-0.05, 0) is 39.2 Å². The average molecular weight is 332 g/mol. The predicted octanol–water partition coefficient (Wildman–Crippen LogP) is 2.16. The van der Waals surface area contributed by atoms with Crippen molar-refractivity contribution in [2.75, 3.05) is 20.1 Å². The van der Waals surface area contributed by atoms with Crippen molar-refractivity contribution in [2.24, 2.45) is 5.41 Å². The summed E-state index contributed by atoms with van der Waals surface area (Å²) in [6, 6.07) is 2.07. The Morgan fingerprint density at radius 3 is 2.88 bits per heavy atom. The van der Waals surface area contributed by atoms with Gasteiger partial charge in [0.2, 0.25) is 5.91 Å². The number of carbonyl (C=O) groups excluding carboxylic acids is 2. The molecule has 1 aromatic heterocycles. The maximum Gasteiger partial charge on any atom is 0.271 e. The third-order valence-electron chi connectivity index (χ3n) is 5.87. The van der Waals surface area contributed by atoms with Gasteiger partial charge in [0.05, 0.1) is 0 Å². The van der Waals surface area contributed by atoms with Crippen molar-refractivity contribution in [1.29, 1.82) is 0 Å². The molecule has 0 radical (unpaired) electrons. The van der Waals surface area contributed by atoms with Gasteiger partial charge in [0.1, 0.15) is 5.69 Å². The number of hydrogen-bond donors (Lipinski definition) is 0. The van der Waals surface area contributed by atoms with E-state index >= 15 is 0 Å². The van der Waals surface area contributed by atoms with Crippen LogP contribution in [0.5, 0.6) is 0 Å². The van der Waals surface area contributed by atoms with Crippen LogP contribution in [-0.4, -0.2) is 57.6 Å². The van der Waals surface area contributed by atoms with Gasteiger partial charge in [-0.2, -0.15) is 5.10 Å². The average Bonchev–Trinajstić information content (AvgIpc) is 3.21. The molecule has 1 saturated carbocycles. The van der Waals surface area contributed by atoms with Gasteiger partial charge < -0.3 is 9.80 Å². The first kappa shape index (κ1) is 17.0. The molecule has 2 atom stereocenters. The summed E-state index contributed by atoms with van der Waals surface area (Å²) in [4.78, 5) is 29.0. The number of rotatable bonds is 5. The first-order chi connectivity index (χ1) is 11.5. The van der Waals surface area contributed by atoms with E-state index < -0.39 is 0 Å². The molecule has 6 heteroatoms. The second-order valence-electron chi connectivity index (χ2n) is 7.14. The van der Waals surface area contributed by atoms with E-state index in [-0.39, 0.29) is 23.3 Å². The molecular weight excluding hydrogens is 304 g/mol. The predicted molar refractivity (Wildman–Crippen MR) is 91.6 cm³/mol. The van der Waals surface area contributed by atoms with E-state index in [0.29, 0.717) is 18.7 Å². The summed E-state index contributed by atoms with van der Waals surface area (Å²) in [6.45, 7) is 6.22. The van der Waals surface area contributed by atoms with Crippen molar-refractivity contribution in [2.45, 2.75) is 58.5 Å². The molecule has 0 unspecified atom stereocenters. The first-order valence-electron chi connectivity index (χ1n) is 9.09. The number of amides is 2. The normalized spacial score (nSPS) is 26.5. The van der Waals surface area contributed by atoms with Gasteiger partial charge in [-0.1, -0.05) is 6.42 Å². The smallest absolute Gasteiger partial charge is 0.271 e. The van der Waals surface area contributed by atoms with Crippen LogP contribution < -0.4 is 0 Å². The van der Waals surface area contributed by atoms with Crippen molar-refractivity contribution >= 4 is 11.8 Å². The van der Waals surface area contributed by atoms with Crippen LogP contribution in [0.4, 0.5) is 0 Å². The SMILES string of the molecule is CCN1C(=O)CC[C@]2(CN(C)C(=O)c3ccnn3CC)CCC[C@@H]12. The number of aryl methyl sites for hydroxylation is 1. The molecule has 2 heterocycles. The summed E-state index contributed by atoms with van der Waals surface area (Å²) in [5, 5.41) is 4.20. The molecule has 1 saturated heterocycles. The highest BCUT2D eigenvalue weighted by Crippen LogP contribution is 2.48. The van der Waals surface area contributed by atoms with Gasteiger partial charge in [0.15, 0.2) is 0 Å². The number of hydrogen-bond acceptors (Lipinski definition) is 3. The summed E-state index contributed by atoms with van der Waals surface area (Å²) in [5.41, 5.74) is 0.705. The van der Waals surface area contributed by atoms with Crippen LogP contribution in [0.3, 0.4) is 0 Å². The number of piperidine rings is 1. The van der Waals surface area contributed by atoms with Crippen molar-refractivity contribution in [3.8, 4) is 0 Å². The Balaban J connectivity index is 1.78. The second kappa shape index (κ2) is 6.57. The summed E-state index contributed by atoms with van der Waals surface area (Å²) >= 11 is 0. The number of nitrogens with zero attached hydrogens (tertiary/aromatic N) is 4. The first-order valence-corrected chi connectivity index (χ1v) is 9.09. The minimum atomic E-state index is 0.0225. The third kappa shape index (κ3) is 2.72. The maximum absolute atomic E-state index is 12.8. The lowest BCUT2D eigenvalue weighted by Crippen LogP contribution is -2.56. The van der Waals surface area contributed by atoms with Crippen LogP contribution in [0.2, 0.25) is 0 Å². The molecule has 2 amide bonds. The molecular formula is C18H28N4O2. The fraction of sp³-hybridized carbons (Fsp3) is 0.722. The van der Waals surface area contributed by atoms with Crippen LogP contribution in [-0.2, 0) is 11.3 Å². The lowest BCUT2D eigenvalue weighted by molar-refractivity contribution is -0.141. The lowest BCUT2D eigenvalue weighted by atomic mass is 9.74. The lowest BCUT2D eigenvalue weighted by Gasteiger charge is -2.47. The zero-order chi connectivity index (χ0) is 17.3. The van der Waals surface area contributed by atoms with E-state index in [1.165, 1.54) is 0 Å². The Morgan fingerprint density at radius 2 is 2.17 bits per heavy atom. The number of fused-ring (bicyclic) bond motifs is 1. The zero-order valence-corrected chi connectivity index (χ0v) is 15.0. The Kier molecular flexibility index (Phi) is 4.65. The molecule has 0 N–H and O–H groups in total. The van der Waals surface area contributed by atoms with Crippen LogP contribution >= 0.6 is 0 Å². The fourth-order valence-corrected chi connectivity index (χ4v) is 4.74. The maximum atomic E-state index is 12.8.